The Balaban J connectivity index is 2.60. The van der Waals surface area contributed by atoms with E-state index < -0.39 is 0 Å². The number of nitrogens with zero attached hydrogens (tertiary/aromatic N) is 1. The molecule has 13 heavy (non-hydrogen) atoms. The molecular formula is C9H15N3O. The zero-order valence-electron chi connectivity index (χ0n) is 7.70. The van der Waals surface area contributed by atoms with Gasteiger partial charge < -0.3 is 16.2 Å². The maximum Gasteiger partial charge on any atom is 0.0556 e. The van der Waals surface area contributed by atoms with Gasteiger partial charge in [-0.1, -0.05) is 0 Å². The lowest BCUT2D eigenvalue weighted by molar-refractivity contribution is 0.286. The third-order valence-electron chi connectivity index (χ3n) is 1.84. The molecule has 1 heterocycles. The minimum Gasteiger partial charge on any atom is -0.397 e. The molecule has 0 unspecified atom stereocenters. The highest BCUT2D eigenvalue weighted by molar-refractivity contribution is 5.37. The molecule has 1 rings (SSSR count). The zero-order chi connectivity index (χ0) is 9.68. The Hall–Kier alpha value is -1.13. The first-order valence-corrected chi connectivity index (χ1v) is 4.28. The fraction of sp³-hybridized carbons (Fsp3) is 0.444. The molecule has 0 aliphatic rings. The summed E-state index contributed by atoms with van der Waals surface area (Å²) in [6, 6.07) is 2.05. The van der Waals surface area contributed by atoms with E-state index in [1.807, 2.05) is 13.0 Å². The maximum atomic E-state index is 8.61. The van der Waals surface area contributed by atoms with Crippen LogP contribution in [0.2, 0.25) is 0 Å². The van der Waals surface area contributed by atoms with Crippen molar-refractivity contribution in [2.75, 3.05) is 18.9 Å². The Morgan fingerprint density at radius 2 is 2.38 bits per heavy atom. The monoisotopic (exact) mass is 181 g/mol. The van der Waals surface area contributed by atoms with E-state index in [2.05, 4.69) is 10.3 Å². The Morgan fingerprint density at radius 3 is 3.00 bits per heavy atom. The molecule has 1 aromatic rings. The van der Waals surface area contributed by atoms with E-state index in [-0.39, 0.29) is 12.6 Å². The molecule has 0 amide bonds. The Morgan fingerprint density at radius 1 is 1.62 bits per heavy atom. The quantitative estimate of drug-likeness (QED) is 0.625. The molecule has 0 saturated carbocycles. The van der Waals surface area contributed by atoms with Crippen LogP contribution in [0, 0.1) is 0 Å². The highest BCUT2D eigenvalue weighted by atomic mass is 16.3. The van der Waals surface area contributed by atoms with Crippen molar-refractivity contribution in [3.05, 3.63) is 24.0 Å². The minimum absolute atomic E-state index is 0.139. The molecule has 4 N–H and O–H groups in total. The van der Waals surface area contributed by atoms with Crippen molar-refractivity contribution in [1.29, 1.82) is 0 Å². The highest BCUT2D eigenvalue weighted by Crippen LogP contribution is 2.12. The third-order valence-corrected chi connectivity index (χ3v) is 1.84. The van der Waals surface area contributed by atoms with Gasteiger partial charge in [0.15, 0.2) is 0 Å². The summed E-state index contributed by atoms with van der Waals surface area (Å²) < 4.78 is 0. The van der Waals surface area contributed by atoms with Crippen molar-refractivity contribution in [2.24, 2.45) is 0 Å². The van der Waals surface area contributed by atoms with Gasteiger partial charge in [-0.3, -0.25) is 4.98 Å². The lowest BCUT2D eigenvalue weighted by Gasteiger charge is -2.12. The van der Waals surface area contributed by atoms with E-state index in [1.54, 1.807) is 12.4 Å². The van der Waals surface area contributed by atoms with Crippen LogP contribution in [0.1, 0.15) is 18.5 Å². The largest absolute Gasteiger partial charge is 0.397 e. The Labute approximate surface area is 77.8 Å². The van der Waals surface area contributed by atoms with E-state index in [4.69, 9.17) is 10.8 Å². The SMILES string of the molecule is C[C@@H](NCCO)c1cncc(N)c1. The highest BCUT2D eigenvalue weighted by Gasteiger charge is 2.03. The third kappa shape index (κ3) is 3.01. The number of nitrogens with two attached hydrogens (primary N) is 1. The second kappa shape index (κ2) is 4.79. The van der Waals surface area contributed by atoms with Gasteiger partial charge in [-0.15, -0.1) is 0 Å². The van der Waals surface area contributed by atoms with E-state index in [9.17, 15) is 0 Å². The summed E-state index contributed by atoms with van der Waals surface area (Å²) in [7, 11) is 0. The lowest BCUT2D eigenvalue weighted by atomic mass is 10.1. The normalized spacial score (nSPS) is 12.8. The van der Waals surface area contributed by atoms with Crippen LogP contribution in [0.15, 0.2) is 18.5 Å². The summed E-state index contributed by atoms with van der Waals surface area (Å²) in [6.45, 7) is 2.72. The zero-order valence-corrected chi connectivity index (χ0v) is 7.70. The number of rotatable bonds is 4. The first-order valence-electron chi connectivity index (χ1n) is 4.28. The second-order valence-corrected chi connectivity index (χ2v) is 2.95. The fourth-order valence-corrected chi connectivity index (χ4v) is 1.11. The molecule has 0 aliphatic carbocycles. The van der Waals surface area contributed by atoms with Crippen LogP contribution in [0.3, 0.4) is 0 Å². The summed E-state index contributed by atoms with van der Waals surface area (Å²) in [4.78, 5) is 3.99. The average Bonchev–Trinajstić information content (AvgIpc) is 2.14. The van der Waals surface area contributed by atoms with Crippen molar-refractivity contribution in [3.63, 3.8) is 0 Å². The van der Waals surface area contributed by atoms with Gasteiger partial charge >= 0.3 is 0 Å². The van der Waals surface area contributed by atoms with Gasteiger partial charge in [0.1, 0.15) is 0 Å². The van der Waals surface area contributed by atoms with Crippen molar-refractivity contribution in [2.45, 2.75) is 13.0 Å². The van der Waals surface area contributed by atoms with Gasteiger partial charge in [-0.2, -0.15) is 0 Å². The van der Waals surface area contributed by atoms with Gasteiger partial charge in [-0.05, 0) is 18.6 Å². The van der Waals surface area contributed by atoms with E-state index >= 15 is 0 Å². The standard InChI is InChI=1S/C9H15N3O/c1-7(12-2-3-13)8-4-9(10)6-11-5-8/h4-7,12-13H,2-3,10H2,1H3/t7-/m1/s1. The molecular weight excluding hydrogens is 166 g/mol. The predicted molar refractivity (Wildman–Crippen MR) is 52.2 cm³/mol. The number of hydrogen-bond donors (Lipinski definition) is 3. The van der Waals surface area contributed by atoms with Crippen LogP contribution in [0.4, 0.5) is 5.69 Å². The molecule has 1 aromatic heterocycles. The molecule has 0 spiro atoms. The molecule has 0 aliphatic heterocycles. The smallest absolute Gasteiger partial charge is 0.0556 e. The predicted octanol–water partition coefficient (Wildman–Crippen LogP) is 0.307. The molecule has 0 bridgehead atoms. The molecule has 4 heteroatoms. The number of anilines is 1. The van der Waals surface area contributed by atoms with Crippen molar-refractivity contribution in [1.82, 2.24) is 10.3 Å². The lowest BCUT2D eigenvalue weighted by Crippen LogP contribution is -2.22. The summed E-state index contributed by atoms with van der Waals surface area (Å²) in [5.74, 6) is 0. The van der Waals surface area contributed by atoms with Crippen LogP contribution in [-0.2, 0) is 0 Å². The summed E-state index contributed by atoms with van der Waals surface area (Å²) in [6.07, 6.45) is 3.38. The van der Waals surface area contributed by atoms with Gasteiger partial charge in [0, 0.05) is 25.0 Å². The molecule has 0 aromatic carbocycles. The van der Waals surface area contributed by atoms with E-state index in [0.717, 1.165) is 5.56 Å². The van der Waals surface area contributed by atoms with Gasteiger partial charge in [0.2, 0.25) is 0 Å². The van der Waals surface area contributed by atoms with E-state index in [1.165, 1.54) is 0 Å². The summed E-state index contributed by atoms with van der Waals surface area (Å²) in [5, 5.41) is 11.7. The van der Waals surface area contributed by atoms with Crippen molar-refractivity contribution in [3.8, 4) is 0 Å². The first kappa shape index (κ1) is 9.95. The molecule has 0 radical (unpaired) electrons. The molecule has 72 valence electrons. The van der Waals surface area contributed by atoms with E-state index in [0.29, 0.717) is 12.2 Å². The Bertz CT molecular complexity index is 265. The molecule has 0 fully saturated rings. The second-order valence-electron chi connectivity index (χ2n) is 2.95. The summed E-state index contributed by atoms with van der Waals surface area (Å²) in [5.41, 5.74) is 7.28. The molecule has 4 nitrogen and oxygen atoms in total. The van der Waals surface area contributed by atoms with Crippen LogP contribution < -0.4 is 11.1 Å². The molecule has 1 atom stereocenters. The maximum absolute atomic E-state index is 8.61. The fourth-order valence-electron chi connectivity index (χ4n) is 1.11. The van der Waals surface area contributed by atoms with Gasteiger partial charge in [0.25, 0.3) is 0 Å². The topological polar surface area (TPSA) is 71.2 Å². The Kier molecular flexibility index (Phi) is 3.67. The summed E-state index contributed by atoms with van der Waals surface area (Å²) >= 11 is 0. The van der Waals surface area contributed by atoms with Crippen LogP contribution in [0.5, 0.6) is 0 Å². The first-order chi connectivity index (χ1) is 6.24. The number of pyridine rings is 1. The number of aliphatic hydroxyl groups is 1. The number of nitrogens with one attached hydrogen (secondary N) is 1. The van der Waals surface area contributed by atoms with Crippen LogP contribution >= 0.6 is 0 Å². The minimum atomic E-state index is 0.139. The van der Waals surface area contributed by atoms with Crippen molar-refractivity contribution >= 4 is 5.69 Å². The van der Waals surface area contributed by atoms with Gasteiger partial charge in [-0.25, -0.2) is 0 Å². The molecule has 0 saturated heterocycles. The van der Waals surface area contributed by atoms with Crippen LogP contribution in [0.25, 0.3) is 0 Å². The number of nitrogen functional groups attached to an aromatic ring is 1. The average molecular weight is 181 g/mol. The number of aliphatic hydroxyl groups excluding tert-OH is 1. The number of hydrogen-bond acceptors (Lipinski definition) is 4. The van der Waals surface area contributed by atoms with Crippen LogP contribution in [-0.4, -0.2) is 23.2 Å². The van der Waals surface area contributed by atoms with Gasteiger partial charge in [0.05, 0.1) is 12.3 Å². The van der Waals surface area contributed by atoms with Crippen molar-refractivity contribution < 1.29 is 5.11 Å². The number of aromatic nitrogens is 1.